The Balaban J connectivity index is 1.71. The van der Waals surface area contributed by atoms with Crippen LogP contribution in [0.3, 0.4) is 0 Å². The summed E-state index contributed by atoms with van der Waals surface area (Å²) in [4.78, 5) is 21.1. The van der Waals surface area contributed by atoms with Crippen LogP contribution in [0.5, 0.6) is 0 Å². The second kappa shape index (κ2) is 7.43. The Bertz CT molecular complexity index is 1000. The predicted octanol–water partition coefficient (Wildman–Crippen LogP) is 3.11. The number of pyridine rings is 1. The molecule has 2 aromatic rings. The average Bonchev–Trinajstić information content (AvgIpc) is 3.12. The molecule has 3 N–H and O–H groups in total. The topological polar surface area (TPSA) is 113 Å². The lowest BCUT2D eigenvalue weighted by atomic mass is 9.87. The van der Waals surface area contributed by atoms with Crippen molar-refractivity contribution in [3.8, 4) is 6.07 Å². The molecule has 1 aromatic heterocycles. The molecule has 2 atom stereocenters. The molecule has 28 heavy (non-hydrogen) atoms. The summed E-state index contributed by atoms with van der Waals surface area (Å²) in [5, 5.41) is 13.3. The number of benzene rings is 1. The Labute approximate surface area is 170 Å². The molecule has 4 rings (SSSR count). The molecule has 0 bridgehead atoms. The third kappa shape index (κ3) is 3.33. The van der Waals surface area contributed by atoms with Gasteiger partial charge in [-0.25, -0.2) is 9.98 Å². The number of ether oxygens (including phenoxy) is 1. The maximum absolute atomic E-state index is 12.5. The van der Waals surface area contributed by atoms with Crippen molar-refractivity contribution in [2.75, 3.05) is 17.7 Å². The molecule has 0 unspecified atom stereocenters. The summed E-state index contributed by atoms with van der Waals surface area (Å²) >= 11 is 7.31. The molecular formula is C19H16ClN5O2S. The normalized spacial score (nSPS) is 23.4. The Morgan fingerprint density at radius 2 is 2.29 bits per heavy atom. The summed E-state index contributed by atoms with van der Waals surface area (Å²) in [5.74, 6) is 0.502. The fourth-order valence-electron chi connectivity index (χ4n) is 3.45. The largest absolute Gasteiger partial charge is 0.378 e. The number of amides is 1. The molecule has 1 amide bonds. The molecule has 1 saturated heterocycles. The van der Waals surface area contributed by atoms with E-state index >= 15 is 0 Å². The second-order valence-corrected chi connectivity index (χ2v) is 7.96. The van der Waals surface area contributed by atoms with Gasteiger partial charge < -0.3 is 15.8 Å². The van der Waals surface area contributed by atoms with Crippen molar-refractivity contribution in [1.82, 2.24) is 4.98 Å². The maximum atomic E-state index is 12.5. The Kier molecular flexibility index (Phi) is 4.98. The number of nitrogens with two attached hydrogens (primary N) is 1. The van der Waals surface area contributed by atoms with Crippen molar-refractivity contribution < 1.29 is 9.53 Å². The highest BCUT2D eigenvalue weighted by Crippen LogP contribution is 2.48. The zero-order valence-corrected chi connectivity index (χ0v) is 16.3. The van der Waals surface area contributed by atoms with E-state index < -0.39 is 5.72 Å². The van der Waals surface area contributed by atoms with Gasteiger partial charge in [0.15, 0.2) is 10.9 Å². The number of nitriles is 1. The van der Waals surface area contributed by atoms with Gasteiger partial charge in [0.25, 0.3) is 5.91 Å². The van der Waals surface area contributed by atoms with Crippen molar-refractivity contribution >= 4 is 40.1 Å². The van der Waals surface area contributed by atoms with E-state index in [4.69, 9.17) is 22.1 Å². The van der Waals surface area contributed by atoms with Crippen LogP contribution in [0.1, 0.15) is 28.0 Å². The summed E-state index contributed by atoms with van der Waals surface area (Å²) in [6.07, 6.45) is 2.24. The van der Waals surface area contributed by atoms with Crippen LogP contribution in [0, 0.1) is 17.2 Å². The zero-order valence-electron chi connectivity index (χ0n) is 14.7. The first-order valence-corrected chi connectivity index (χ1v) is 9.98. The molecule has 1 fully saturated rings. The molecule has 0 saturated carbocycles. The van der Waals surface area contributed by atoms with E-state index in [0.717, 1.165) is 12.2 Å². The number of nitrogens with zero attached hydrogens (tertiary/aromatic N) is 3. The van der Waals surface area contributed by atoms with Gasteiger partial charge in [-0.2, -0.15) is 5.26 Å². The lowest BCUT2D eigenvalue weighted by Crippen LogP contribution is -2.38. The summed E-state index contributed by atoms with van der Waals surface area (Å²) in [6.45, 7) is 0.540. The Hall–Kier alpha value is -2.60. The number of aliphatic imine (C=N–C) groups is 1. The molecule has 2 aliphatic rings. The minimum Gasteiger partial charge on any atom is -0.378 e. The van der Waals surface area contributed by atoms with Gasteiger partial charge in [0, 0.05) is 29.1 Å². The molecule has 142 valence electrons. The van der Waals surface area contributed by atoms with E-state index in [9.17, 15) is 10.1 Å². The van der Waals surface area contributed by atoms with E-state index in [1.165, 1.54) is 18.0 Å². The van der Waals surface area contributed by atoms with E-state index in [1.54, 1.807) is 30.3 Å². The van der Waals surface area contributed by atoms with Crippen LogP contribution >= 0.6 is 23.4 Å². The predicted molar refractivity (Wildman–Crippen MR) is 108 cm³/mol. The highest BCUT2D eigenvalue weighted by atomic mass is 35.5. The number of aromatic nitrogens is 1. The van der Waals surface area contributed by atoms with Crippen LogP contribution in [0.15, 0.2) is 41.5 Å². The number of nitrogens with one attached hydrogen (secondary N) is 1. The quantitative estimate of drug-likeness (QED) is 0.799. The van der Waals surface area contributed by atoms with Gasteiger partial charge in [-0.3, -0.25) is 4.79 Å². The Morgan fingerprint density at radius 1 is 1.43 bits per heavy atom. The van der Waals surface area contributed by atoms with Crippen molar-refractivity contribution in [1.29, 1.82) is 5.26 Å². The number of halogens is 1. The van der Waals surface area contributed by atoms with Crippen LogP contribution in [0.2, 0.25) is 5.02 Å². The number of fused-ring (bicyclic) bond motifs is 1. The van der Waals surface area contributed by atoms with E-state index in [0.29, 0.717) is 33.6 Å². The highest BCUT2D eigenvalue weighted by molar-refractivity contribution is 8.13. The highest BCUT2D eigenvalue weighted by Gasteiger charge is 2.49. The number of rotatable bonds is 3. The van der Waals surface area contributed by atoms with E-state index in [2.05, 4.69) is 21.4 Å². The van der Waals surface area contributed by atoms with E-state index in [1.807, 2.05) is 0 Å². The fourth-order valence-corrected chi connectivity index (χ4v) is 4.53. The standard InChI is InChI=1S/C19H16ClN5O2S/c20-13-2-4-16(23-9-13)17(26)24-14-3-1-11(8-21)15(7-14)19-12(5-6-27-19)10-28-18(22)25-19/h1-4,7,9,12H,5-6,10H2,(H2,22,25)(H,24,26)/t12-,19+/m0/s1. The number of anilines is 1. The van der Waals surface area contributed by atoms with Gasteiger partial charge in [0.2, 0.25) is 0 Å². The molecule has 0 radical (unpaired) electrons. The molecular weight excluding hydrogens is 398 g/mol. The fraction of sp³-hybridized carbons (Fsp3) is 0.263. The van der Waals surface area contributed by atoms with Crippen LogP contribution in [0.4, 0.5) is 5.69 Å². The number of carbonyl (C=O) groups excluding carboxylic acids is 1. The first kappa shape index (κ1) is 18.7. The van der Waals surface area contributed by atoms with Crippen molar-refractivity contribution in [2.45, 2.75) is 12.1 Å². The molecule has 0 aliphatic carbocycles. The second-order valence-electron chi connectivity index (χ2n) is 6.48. The molecule has 2 aliphatic heterocycles. The number of hydrogen-bond acceptors (Lipinski definition) is 7. The summed E-state index contributed by atoms with van der Waals surface area (Å²) in [7, 11) is 0. The lowest BCUT2D eigenvalue weighted by Gasteiger charge is -2.35. The molecule has 0 spiro atoms. The van der Waals surface area contributed by atoms with Crippen molar-refractivity contribution in [3.63, 3.8) is 0 Å². The number of thioether (sulfide) groups is 1. The summed E-state index contributed by atoms with van der Waals surface area (Å²) in [6, 6.07) is 10.4. The molecule has 9 heteroatoms. The number of amidine groups is 1. The van der Waals surface area contributed by atoms with Gasteiger partial charge in [0.1, 0.15) is 5.69 Å². The van der Waals surface area contributed by atoms with E-state index in [-0.39, 0.29) is 17.5 Å². The SMILES string of the molecule is N#Cc1ccc(NC(=O)c2ccc(Cl)cn2)cc1[C@@]12N=C(N)SC[C@@H]1CCO2. The summed E-state index contributed by atoms with van der Waals surface area (Å²) < 4.78 is 6.03. The van der Waals surface area contributed by atoms with Crippen molar-refractivity contribution in [3.05, 3.63) is 58.4 Å². The first-order chi connectivity index (χ1) is 13.5. The summed E-state index contributed by atoms with van der Waals surface area (Å²) in [5.41, 5.74) is 6.80. The third-order valence-electron chi connectivity index (χ3n) is 4.79. The van der Waals surface area contributed by atoms with Gasteiger partial charge in [-0.15, -0.1) is 0 Å². The monoisotopic (exact) mass is 413 g/mol. The van der Waals surface area contributed by atoms with Crippen LogP contribution in [-0.2, 0) is 10.5 Å². The Morgan fingerprint density at radius 3 is 3.04 bits per heavy atom. The van der Waals surface area contributed by atoms with Gasteiger partial charge >= 0.3 is 0 Å². The first-order valence-electron chi connectivity index (χ1n) is 8.61. The molecule has 1 aromatic carbocycles. The smallest absolute Gasteiger partial charge is 0.274 e. The average molecular weight is 414 g/mol. The number of carbonyl (C=O) groups is 1. The minimum absolute atomic E-state index is 0.112. The van der Waals surface area contributed by atoms with Gasteiger partial charge in [0.05, 0.1) is 23.3 Å². The van der Waals surface area contributed by atoms with Gasteiger partial charge in [-0.05, 0) is 36.8 Å². The molecule has 7 nitrogen and oxygen atoms in total. The lowest BCUT2D eigenvalue weighted by molar-refractivity contribution is -0.0145. The van der Waals surface area contributed by atoms with Gasteiger partial charge in [-0.1, -0.05) is 23.4 Å². The van der Waals surface area contributed by atoms with Crippen molar-refractivity contribution in [2.24, 2.45) is 16.6 Å². The maximum Gasteiger partial charge on any atom is 0.274 e. The minimum atomic E-state index is -0.986. The van der Waals surface area contributed by atoms with Crippen LogP contribution in [-0.4, -0.2) is 28.4 Å². The van der Waals surface area contributed by atoms with Crippen LogP contribution < -0.4 is 11.1 Å². The number of hydrogen-bond donors (Lipinski definition) is 2. The zero-order chi connectivity index (χ0) is 19.7. The molecule has 3 heterocycles. The third-order valence-corrected chi connectivity index (χ3v) is 5.97. The van der Waals surface area contributed by atoms with Crippen LogP contribution in [0.25, 0.3) is 0 Å².